The van der Waals surface area contributed by atoms with Crippen LogP contribution >= 0.6 is 118 Å². The normalized spacial score (nSPS) is 24.2. The maximum absolute atomic E-state index is 2.23. The lowest BCUT2D eigenvalue weighted by Crippen LogP contribution is -1.91. The molecule has 0 amide bonds. The predicted octanol–water partition coefficient (Wildman–Crippen LogP) is 9.17. The summed E-state index contributed by atoms with van der Waals surface area (Å²) in [5.41, 5.74) is 0. The highest BCUT2D eigenvalue weighted by atomic mass is 32.3. The minimum absolute atomic E-state index is 1.26. The molecule has 3 aliphatic rings. The Hall–Kier alpha value is 2.72. The molecule has 0 spiro atoms. The van der Waals surface area contributed by atoms with E-state index in [-0.39, 0.29) is 0 Å². The molecule has 3 heterocycles. The Balaban J connectivity index is 1.65. The first-order chi connectivity index (χ1) is 13.3. The minimum atomic E-state index is 1.26. The molecule has 3 rings (SSSR count). The van der Waals surface area contributed by atoms with Crippen molar-refractivity contribution in [1.29, 1.82) is 0 Å². The van der Waals surface area contributed by atoms with Gasteiger partial charge in [-0.2, -0.15) is 23.5 Å². The molecule has 3 aliphatic heterocycles. The Labute approximate surface area is 207 Å². The number of thioether (sulfide) groups is 10. The lowest BCUT2D eigenvalue weighted by Gasteiger charge is -2.05. The zero-order valence-electron chi connectivity index (χ0n) is 15.4. The third kappa shape index (κ3) is 7.97. The highest BCUT2D eigenvalue weighted by Crippen LogP contribution is 2.65. The SMILES string of the molecule is CSC1=C2SCCCSCCCSCCCSC3=C(SC)SC(=C(S1)S2)S3. The van der Waals surface area contributed by atoms with Gasteiger partial charge in [0.05, 0.1) is 25.4 Å². The molecule has 0 saturated carbocycles. The van der Waals surface area contributed by atoms with E-state index in [9.17, 15) is 0 Å². The zero-order valence-corrected chi connectivity index (χ0v) is 23.6. The van der Waals surface area contributed by atoms with Gasteiger partial charge in [-0.15, -0.1) is 47.0 Å². The van der Waals surface area contributed by atoms with E-state index >= 15 is 0 Å². The van der Waals surface area contributed by atoms with E-state index in [0.29, 0.717) is 0 Å². The standard InChI is InChI=1S/C17H24S10/c1-18-12-14-22-10-4-8-20-6-3-7-21-9-5-11-23-15-13(19-2)25-17(27-15)16(24-12)26-14/h3-11H2,1-2H3. The van der Waals surface area contributed by atoms with Crippen molar-refractivity contribution in [2.45, 2.75) is 19.3 Å². The molecule has 4 bridgehead atoms. The van der Waals surface area contributed by atoms with Gasteiger partial charge in [0, 0.05) is 0 Å². The zero-order chi connectivity index (χ0) is 18.9. The van der Waals surface area contributed by atoms with Crippen LogP contribution in [0.2, 0.25) is 0 Å². The topological polar surface area (TPSA) is 0 Å². The lowest BCUT2D eigenvalue weighted by atomic mass is 10.6. The largest absolute Gasteiger partial charge is 0.162 e. The first-order valence-electron chi connectivity index (χ1n) is 8.75. The van der Waals surface area contributed by atoms with Crippen molar-refractivity contribution in [3.05, 3.63) is 25.4 Å². The summed E-state index contributed by atoms with van der Waals surface area (Å²) in [5.74, 6) is 7.82. The first kappa shape index (κ1) is 24.4. The summed E-state index contributed by atoms with van der Waals surface area (Å²) in [5, 5.41) is 0. The Morgan fingerprint density at radius 3 is 1.33 bits per heavy atom. The number of rotatable bonds is 2. The molecule has 0 aromatic carbocycles. The molecule has 27 heavy (non-hydrogen) atoms. The van der Waals surface area contributed by atoms with E-state index in [4.69, 9.17) is 0 Å². The molecule has 0 atom stereocenters. The molecule has 0 aromatic rings. The van der Waals surface area contributed by atoms with Gasteiger partial charge in [0.1, 0.15) is 0 Å². The third-order valence-corrected chi connectivity index (χ3v) is 17.3. The second-order valence-corrected chi connectivity index (χ2v) is 17.4. The Kier molecular flexibility index (Phi) is 12.6. The molecule has 10 heteroatoms. The van der Waals surface area contributed by atoms with Gasteiger partial charge >= 0.3 is 0 Å². The van der Waals surface area contributed by atoms with Crippen LogP contribution in [0.3, 0.4) is 0 Å². The van der Waals surface area contributed by atoms with E-state index in [2.05, 4.69) is 59.6 Å². The van der Waals surface area contributed by atoms with Crippen LogP contribution in [0.5, 0.6) is 0 Å². The summed E-state index contributed by atoms with van der Waals surface area (Å²) < 4.78 is 9.15. The smallest absolute Gasteiger partial charge is 0.0717 e. The molecule has 0 saturated heterocycles. The third-order valence-electron chi connectivity index (χ3n) is 3.52. The first-order valence-corrected chi connectivity index (χ1v) is 18.7. The van der Waals surface area contributed by atoms with Crippen molar-refractivity contribution in [1.82, 2.24) is 0 Å². The van der Waals surface area contributed by atoms with Crippen molar-refractivity contribution in [2.75, 3.05) is 47.0 Å². The summed E-state index contributed by atoms with van der Waals surface area (Å²) in [6.07, 6.45) is 8.48. The van der Waals surface area contributed by atoms with Crippen LogP contribution in [0.1, 0.15) is 19.3 Å². The fourth-order valence-corrected chi connectivity index (χ4v) is 15.8. The van der Waals surface area contributed by atoms with Crippen molar-refractivity contribution in [3.8, 4) is 0 Å². The van der Waals surface area contributed by atoms with Gasteiger partial charge in [-0.3, -0.25) is 0 Å². The van der Waals surface area contributed by atoms with E-state index in [1.165, 1.54) is 70.7 Å². The molecule has 0 unspecified atom stereocenters. The van der Waals surface area contributed by atoms with Gasteiger partial charge in [0.25, 0.3) is 0 Å². The van der Waals surface area contributed by atoms with Gasteiger partial charge in [0.15, 0.2) is 0 Å². The Morgan fingerprint density at radius 1 is 0.519 bits per heavy atom. The molecule has 0 N–H and O–H groups in total. The minimum Gasteiger partial charge on any atom is -0.162 e. The van der Waals surface area contributed by atoms with Crippen molar-refractivity contribution in [3.63, 3.8) is 0 Å². The fraction of sp³-hybridized carbons (Fsp3) is 0.647. The van der Waals surface area contributed by atoms with Gasteiger partial charge in [-0.05, 0) is 66.3 Å². The fourth-order valence-electron chi connectivity index (χ4n) is 2.26. The summed E-state index contributed by atoms with van der Waals surface area (Å²) in [6.45, 7) is 0. The maximum atomic E-state index is 2.23. The summed E-state index contributed by atoms with van der Waals surface area (Å²) in [4.78, 5) is 0. The summed E-state index contributed by atoms with van der Waals surface area (Å²) in [6, 6.07) is 0. The van der Waals surface area contributed by atoms with Crippen molar-refractivity contribution < 1.29 is 0 Å². The van der Waals surface area contributed by atoms with Crippen LogP contribution in [0.25, 0.3) is 0 Å². The van der Waals surface area contributed by atoms with Gasteiger partial charge < -0.3 is 0 Å². The molecule has 0 radical (unpaired) electrons. The summed E-state index contributed by atoms with van der Waals surface area (Å²) >= 11 is 20.4. The average molecular weight is 549 g/mol. The molecule has 0 fully saturated rings. The monoisotopic (exact) mass is 548 g/mol. The van der Waals surface area contributed by atoms with Crippen LogP contribution in [-0.4, -0.2) is 47.0 Å². The number of fused-ring (bicyclic) bond motifs is 4. The maximum Gasteiger partial charge on any atom is 0.0717 e. The van der Waals surface area contributed by atoms with Gasteiger partial charge in [0.2, 0.25) is 0 Å². The van der Waals surface area contributed by atoms with E-state index in [1.54, 1.807) is 8.47 Å². The second-order valence-electron chi connectivity index (χ2n) is 5.52. The molecule has 0 nitrogen and oxygen atoms in total. The van der Waals surface area contributed by atoms with E-state index in [1.807, 2.05) is 70.6 Å². The van der Waals surface area contributed by atoms with Gasteiger partial charge in [-0.1, -0.05) is 47.0 Å². The number of hydrogen-bond acceptors (Lipinski definition) is 10. The average Bonchev–Trinajstić information content (AvgIpc) is 3.28. The number of hydrogen-bond donors (Lipinski definition) is 0. The van der Waals surface area contributed by atoms with Gasteiger partial charge in [-0.25, -0.2) is 0 Å². The van der Waals surface area contributed by atoms with Crippen LogP contribution in [0, 0.1) is 0 Å². The lowest BCUT2D eigenvalue weighted by molar-refractivity contribution is 1.08. The molecule has 0 aromatic heterocycles. The van der Waals surface area contributed by atoms with Crippen LogP contribution < -0.4 is 0 Å². The second kappa shape index (κ2) is 14.0. The molecule has 0 aliphatic carbocycles. The van der Waals surface area contributed by atoms with E-state index in [0.717, 1.165) is 0 Å². The van der Waals surface area contributed by atoms with E-state index < -0.39 is 0 Å². The van der Waals surface area contributed by atoms with Crippen LogP contribution in [0.15, 0.2) is 25.4 Å². The Morgan fingerprint density at radius 2 is 0.926 bits per heavy atom. The highest BCUT2D eigenvalue weighted by molar-refractivity contribution is 8.45. The molecular weight excluding hydrogens is 525 g/mol. The quantitative estimate of drug-likeness (QED) is 0.326. The molecule has 152 valence electrons. The highest BCUT2D eigenvalue weighted by Gasteiger charge is 2.30. The van der Waals surface area contributed by atoms with Crippen molar-refractivity contribution in [2.24, 2.45) is 0 Å². The van der Waals surface area contributed by atoms with Crippen LogP contribution in [-0.2, 0) is 0 Å². The predicted molar refractivity (Wildman–Crippen MR) is 152 cm³/mol. The Bertz CT molecular complexity index is 545. The van der Waals surface area contributed by atoms with Crippen molar-refractivity contribution >= 4 is 118 Å². The van der Waals surface area contributed by atoms with Crippen LogP contribution in [0.4, 0.5) is 0 Å². The molecular formula is C17H24S10. The summed E-state index contributed by atoms with van der Waals surface area (Å²) in [7, 11) is 0.